The summed E-state index contributed by atoms with van der Waals surface area (Å²) in [5, 5.41) is 31.5. The summed E-state index contributed by atoms with van der Waals surface area (Å²) < 4.78 is 11.3. The summed E-state index contributed by atoms with van der Waals surface area (Å²) in [6, 6.07) is 19.0. The maximum absolute atomic E-state index is 14.9. The van der Waals surface area contributed by atoms with Gasteiger partial charge in [0.25, 0.3) is 11.8 Å². The minimum Gasteiger partial charge on any atom is -0.381 e. The Morgan fingerprint density at radius 1 is 0.517 bits per heavy atom. The van der Waals surface area contributed by atoms with Gasteiger partial charge in [-0.05, 0) is 151 Å². The normalized spacial score (nSPS) is 20.2. The van der Waals surface area contributed by atoms with Gasteiger partial charge in [0, 0.05) is 169 Å². The molecule has 7 aliphatic rings. The number of carbonyl (C=O) groups excluding carboxylic acids is 2. The van der Waals surface area contributed by atoms with Crippen LogP contribution in [0, 0.1) is 13.8 Å². The molecule has 2 aromatic carbocycles. The molecule has 0 radical (unpaired) electrons. The largest absolute Gasteiger partial charge is 0.381 e. The number of aromatic nitrogens is 8. The van der Waals surface area contributed by atoms with Crippen LogP contribution in [0.15, 0.2) is 48.5 Å². The van der Waals surface area contributed by atoms with Crippen LogP contribution in [0.4, 0.5) is 46.0 Å². The van der Waals surface area contributed by atoms with Crippen LogP contribution in [0.1, 0.15) is 122 Å². The zero-order valence-corrected chi connectivity index (χ0v) is 52.4. The first-order valence-corrected chi connectivity index (χ1v) is 32.9. The van der Waals surface area contributed by atoms with Crippen LogP contribution in [0.3, 0.4) is 0 Å². The molecule has 0 unspecified atom stereocenters. The first kappa shape index (κ1) is 60.4. The highest BCUT2D eigenvalue weighted by Crippen LogP contribution is 2.37. The van der Waals surface area contributed by atoms with Crippen molar-refractivity contribution in [2.24, 2.45) is 5.73 Å². The number of carbonyl (C=O) groups is 2. The minimum absolute atomic E-state index is 0.0386. The minimum atomic E-state index is -0.684. The summed E-state index contributed by atoms with van der Waals surface area (Å²) in [4.78, 5) is 61.1. The van der Waals surface area contributed by atoms with Gasteiger partial charge in [0.1, 0.15) is 22.8 Å². The monoisotopic (exact) mass is 1210 g/mol. The van der Waals surface area contributed by atoms with Gasteiger partial charge in [0.05, 0.1) is 0 Å². The van der Waals surface area contributed by atoms with Gasteiger partial charge in [0.15, 0.2) is 34.7 Å². The Balaban J connectivity index is 0.661. The zero-order valence-electron chi connectivity index (χ0n) is 52.4. The molecule has 0 atom stereocenters. The van der Waals surface area contributed by atoms with Crippen LogP contribution < -0.4 is 42.2 Å². The molecule has 24 nitrogen and oxygen atoms in total. The number of H-pyrrole nitrogens is 2. The molecule has 0 spiro atoms. The van der Waals surface area contributed by atoms with Gasteiger partial charge in [-0.25, -0.2) is 24.9 Å². The smallest absolute Gasteiger partial charge is 0.288 e. The second kappa shape index (κ2) is 27.3. The average Bonchev–Trinajstić information content (AvgIpc) is 2.16. The highest BCUT2D eigenvalue weighted by Gasteiger charge is 2.36. The van der Waals surface area contributed by atoms with Gasteiger partial charge in [0.2, 0.25) is 0 Å². The van der Waals surface area contributed by atoms with Gasteiger partial charge in [-0.1, -0.05) is 13.8 Å². The van der Waals surface area contributed by atoms with Crippen molar-refractivity contribution < 1.29 is 19.1 Å². The first-order chi connectivity index (χ1) is 43.5. The molecule has 2 amide bonds. The van der Waals surface area contributed by atoms with Crippen molar-refractivity contribution >= 4 is 57.8 Å². The van der Waals surface area contributed by atoms with Crippen molar-refractivity contribution in [1.82, 2.24) is 65.5 Å². The molecule has 1 saturated carbocycles. The Labute approximate surface area is 522 Å². The van der Waals surface area contributed by atoms with Gasteiger partial charge in [-0.15, -0.1) is 0 Å². The topological polar surface area (TPSA) is 267 Å². The summed E-state index contributed by atoms with van der Waals surface area (Å²) >= 11 is 0. The number of nitrogens with one attached hydrogen (secondary N) is 7. The number of hydrazine groups is 1. The molecule has 24 heteroatoms. The van der Waals surface area contributed by atoms with Crippen molar-refractivity contribution in [3.8, 4) is 22.8 Å². The van der Waals surface area contributed by atoms with Crippen molar-refractivity contribution in [3.63, 3.8) is 0 Å². The van der Waals surface area contributed by atoms with E-state index in [-0.39, 0.29) is 35.2 Å². The summed E-state index contributed by atoms with van der Waals surface area (Å²) in [6.45, 7) is 22.6. The van der Waals surface area contributed by atoms with Crippen LogP contribution in [0.25, 0.3) is 22.8 Å². The van der Waals surface area contributed by atoms with E-state index in [1.54, 1.807) is 0 Å². The quantitative estimate of drug-likeness (QED) is 0.0374. The number of aromatic amines is 2. The second-order valence-electron chi connectivity index (χ2n) is 25.4. The zero-order chi connectivity index (χ0) is 61.0. The third kappa shape index (κ3) is 14.1. The summed E-state index contributed by atoms with van der Waals surface area (Å²) in [6.07, 6.45) is 12.2. The van der Waals surface area contributed by atoms with E-state index in [9.17, 15) is 9.59 Å². The standard InChI is InChI=1S/C65H90N20O4/c1-5-43-39-47(69-63-58(60(66)86)71-56(52-37-41(3)75-77-52)61(73-63)67-45-17-33-88-34-18-45)7-11-54(43)84-23-15-51(16-24-84)82-29-31-85(32-30-82)79-65(87)59-64(74-62(68-46-19-35-89-36-20-46)57(72-59)53-38-42(4)76-78-53)70-48-8-12-55(44(6-2)40-48)83-21-13-50(14-22-83)81-27-25-80(26-28-81)49-9-10-49/h7-8,11-12,37-40,45-46,49-51H,5-6,9-10,13-36H2,1-4H3,(H2,66,86)(H,75,77)(H,76,78)(H,79,87)(H2,67,69,73)(H2,68,70,74). The molecule has 0 bridgehead atoms. The molecule has 13 rings (SSSR count). The van der Waals surface area contributed by atoms with Crippen molar-refractivity contribution in [3.05, 3.63) is 82.4 Å². The summed E-state index contributed by atoms with van der Waals surface area (Å²) in [7, 11) is 0. The highest BCUT2D eigenvalue weighted by molar-refractivity contribution is 5.99. The fraction of sp³-hybridized carbons (Fsp3) is 0.569. The molecule has 6 saturated heterocycles. The van der Waals surface area contributed by atoms with Crippen molar-refractivity contribution in [2.45, 2.75) is 135 Å². The van der Waals surface area contributed by atoms with Crippen LogP contribution in [-0.2, 0) is 22.3 Å². The number of hydrogen-bond donors (Lipinski definition) is 8. The lowest BCUT2D eigenvalue weighted by atomic mass is 9.99. The molecule has 6 aromatic rings. The number of primary amides is 1. The second-order valence-corrected chi connectivity index (χ2v) is 25.4. The van der Waals surface area contributed by atoms with Crippen LogP contribution >= 0.6 is 0 Å². The fourth-order valence-electron chi connectivity index (χ4n) is 14.1. The number of benzene rings is 2. The fourth-order valence-corrected chi connectivity index (χ4v) is 14.1. The Morgan fingerprint density at radius 2 is 0.933 bits per heavy atom. The Hall–Kier alpha value is -7.48. The number of ether oxygens (including phenoxy) is 2. The lowest BCUT2D eigenvalue weighted by molar-refractivity contribution is 0.0464. The van der Waals surface area contributed by atoms with E-state index in [1.807, 2.05) is 37.1 Å². The van der Waals surface area contributed by atoms with Gasteiger partial charge in [-0.2, -0.15) is 10.2 Å². The summed E-state index contributed by atoms with van der Waals surface area (Å²) in [5.41, 5.74) is 20.0. The lowest BCUT2D eigenvalue weighted by Gasteiger charge is -2.43. The number of piperidine rings is 2. The van der Waals surface area contributed by atoms with E-state index < -0.39 is 5.91 Å². The number of nitrogens with zero attached hydrogens (tertiary/aromatic N) is 12. The van der Waals surface area contributed by atoms with Crippen LogP contribution in [0.5, 0.6) is 0 Å². The number of piperazine rings is 2. The molecule has 6 aliphatic heterocycles. The molecule has 89 heavy (non-hydrogen) atoms. The summed E-state index contributed by atoms with van der Waals surface area (Å²) in [5.74, 6) is 0.771. The van der Waals surface area contributed by atoms with E-state index in [2.05, 4.69) is 116 Å². The third-order valence-electron chi connectivity index (χ3n) is 19.3. The molecule has 1 aliphatic carbocycles. The number of anilines is 8. The van der Waals surface area contributed by atoms with Crippen molar-refractivity contribution in [1.29, 1.82) is 0 Å². The van der Waals surface area contributed by atoms with E-state index in [0.717, 1.165) is 119 Å². The Kier molecular flexibility index (Phi) is 18.5. The van der Waals surface area contributed by atoms with Crippen LogP contribution in [-0.4, -0.2) is 207 Å². The van der Waals surface area contributed by atoms with E-state index >= 15 is 0 Å². The van der Waals surface area contributed by atoms with E-state index in [0.29, 0.717) is 91.8 Å². The third-order valence-corrected chi connectivity index (χ3v) is 19.3. The predicted molar refractivity (Wildman–Crippen MR) is 348 cm³/mol. The highest BCUT2D eigenvalue weighted by atomic mass is 16.5. The maximum atomic E-state index is 14.9. The number of amides is 2. The van der Waals surface area contributed by atoms with Crippen molar-refractivity contribution in [2.75, 3.05) is 136 Å². The maximum Gasteiger partial charge on any atom is 0.288 e. The Bertz CT molecular complexity index is 3420. The van der Waals surface area contributed by atoms with E-state index in [1.165, 1.54) is 74.4 Å². The Morgan fingerprint density at radius 3 is 1.34 bits per heavy atom. The van der Waals surface area contributed by atoms with Crippen LogP contribution in [0.2, 0.25) is 0 Å². The number of aryl methyl sites for hydroxylation is 4. The molecule has 4 aromatic heterocycles. The van der Waals surface area contributed by atoms with E-state index in [4.69, 9.17) is 35.1 Å². The number of nitrogens with two attached hydrogens (primary N) is 1. The SMILES string of the molecule is CCc1cc(Nc2nc(NC3CCOCC3)c(-c3cc(C)[nH]n3)nc2C(N)=O)ccc1N1CCC(N2CCN(NC(=O)c3nc(-c4cc(C)[nH]n4)c(NC4CCOCC4)nc3Nc3ccc(N4CCC(N5CCN(C6CC6)CC5)CC4)c(CC)c3)CC2)CC1. The molecule has 7 fully saturated rings. The first-order valence-electron chi connectivity index (χ1n) is 32.9. The molecule has 474 valence electrons. The lowest BCUT2D eigenvalue weighted by Crippen LogP contribution is -2.57. The van der Waals surface area contributed by atoms with Gasteiger partial charge >= 0.3 is 0 Å². The number of hydrogen-bond acceptors (Lipinski definition) is 20. The molecular formula is C65H90N20O4. The molecular weight excluding hydrogens is 1120 g/mol. The van der Waals surface area contributed by atoms with Gasteiger partial charge in [-0.3, -0.25) is 39.9 Å². The predicted octanol–water partition coefficient (Wildman–Crippen LogP) is 7.24. The molecule has 9 N–H and O–H groups in total. The molecule has 10 heterocycles. The average molecular weight is 1220 g/mol. The number of rotatable bonds is 20. The van der Waals surface area contributed by atoms with Gasteiger partial charge < -0.3 is 46.3 Å².